The Labute approximate surface area is 122 Å². The average Bonchev–Trinajstić information content (AvgIpc) is 2.52. The number of amides is 1. The molecule has 2 rings (SSSR count). The molecule has 1 fully saturated rings. The van der Waals surface area contributed by atoms with Crippen LogP contribution >= 0.6 is 0 Å². The Morgan fingerprint density at radius 3 is 2.90 bits per heavy atom. The van der Waals surface area contributed by atoms with Crippen LogP contribution in [0.2, 0.25) is 0 Å². The van der Waals surface area contributed by atoms with E-state index >= 15 is 0 Å². The maximum absolute atomic E-state index is 11.8. The summed E-state index contributed by atoms with van der Waals surface area (Å²) in [6.07, 6.45) is 6.28. The van der Waals surface area contributed by atoms with Gasteiger partial charge in [0.2, 0.25) is 5.91 Å². The van der Waals surface area contributed by atoms with Gasteiger partial charge in [-0.05, 0) is 56.7 Å². The zero-order chi connectivity index (χ0) is 14.0. The number of piperidine rings is 1. The zero-order valence-electron chi connectivity index (χ0n) is 12.2. The van der Waals surface area contributed by atoms with Crippen LogP contribution in [0.4, 0.5) is 0 Å². The quantitative estimate of drug-likeness (QED) is 0.750. The lowest BCUT2D eigenvalue weighted by molar-refractivity contribution is -0.121. The fourth-order valence-corrected chi connectivity index (χ4v) is 2.76. The van der Waals surface area contributed by atoms with Crippen molar-refractivity contribution in [3.63, 3.8) is 0 Å². The predicted molar refractivity (Wildman–Crippen MR) is 82.6 cm³/mol. The minimum absolute atomic E-state index is 0.212. The highest BCUT2D eigenvalue weighted by Gasteiger charge is 2.14. The number of carbonyl (C=O) groups is 1. The van der Waals surface area contributed by atoms with Crippen LogP contribution in [0.5, 0.6) is 0 Å². The molecule has 1 aliphatic rings. The summed E-state index contributed by atoms with van der Waals surface area (Å²) >= 11 is 0. The van der Waals surface area contributed by atoms with Crippen LogP contribution in [0, 0.1) is 5.92 Å². The summed E-state index contributed by atoms with van der Waals surface area (Å²) in [5.41, 5.74) is 1.34. The molecule has 0 aliphatic carbocycles. The van der Waals surface area contributed by atoms with Crippen LogP contribution in [0.3, 0.4) is 0 Å². The van der Waals surface area contributed by atoms with Gasteiger partial charge in [-0.1, -0.05) is 30.3 Å². The van der Waals surface area contributed by atoms with E-state index in [1.54, 1.807) is 0 Å². The van der Waals surface area contributed by atoms with Crippen molar-refractivity contribution in [2.45, 2.75) is 38.5 Å². The van der Waals surface area contributed by atoms with Gasteiger partial charge < -0.3 is 10.6 Å². The second-order valence-corrected chi connectivity index (χ2v) is 5.69. The van der Waals surface area contributed by atoms with Gasteiger partial charge in [0.1, 0.15) is 0 Å². The van der Waals surface area contributed by atoms with Gasteiger partial charge in [-0.25, -0.2) is 0 Å². The number of hydrogen-bond acceptors (Lipinski definition) is 2. The summed E-state index contributed by atoms with van der Waals surface area (Å²) in [5, 5.41) is 6.43. The highest BCUT2D eigenvalue weighted by atomic mass is 16.1. The summed E-state index contributed by atoms with van der Waals surface area (Å²) in [4.78, 5) is 11.8. The van der Waals surface area contributed by atoms with E-state index in [4.69, 9.17) is 0 Å². The molecule has 0 spiro atoms. The first kappa shape index (κ1) is 15.0. The SMILES string of the molecule is O=C(CCC1CCCNC1)NCCCc1ccccc1. The first-order valence-corrected chi connectivity index (χ1v) is 7.86. The van der Waals surface area contributed by atoms with Crippen LogP contribution < -0.4 is 10.6 Å². The summed E-state index contributed by atoms with van der Waals surface area (Å²) < 4.78 is 0. The van der Waals surface area contributed by atoms with E-state index in [0.717, 1.165) is 38.9 Å². The molecule has 0 bridgehead atoms. The smallest absolute Gasteiger partial charge is 0.220 e. The molecule has 1 saturated heterocycles. The van der Waals surface area contributed by atoms with Gasteiger partial charge in [-0.3, -0.25) is 4.79 Å². The molecule has 1 aliphatic heterocycles. The van der Waals surface area contributed by atoms with E-state index in [1.807, 2.05) is 6.07 Å². The fraction of sp³-hybridized carbons (Fsp3) is 0.588. The summed E-state index contributed by atoms with van der Waals surface area (Å²) in [5.74, 6) is 0.905. The molecule has 3 nitrogen and oxygen atoms in total. The minimum Gasteiger partial charge on any atom is -0.356 e. The largest absolute Gasteiger partial charge is 0.356 e. The predicted octanol–water partition coefficient (Wildman–Crippen LogP) is 2.52. The second kappa shape index (κ2) is 8.75. The molecule has 0 radical (unpaired) electrons. The summed E-state index contributed by atoms with van der Waals surface area (Å²) in [6.45, 7) is 3.01. The van der Waals surface area contributed by atoms with Crippen LogP contribution in [0.15, 0.2) is 30.3 Å². The molecule has 1 heterocycles. The van der Waals surface area contributed by atoms with Crippen LogP contribution in [-0.2, 0) is 11.2 Å². The Hall–Kier alpha value is -1.35. The Kier molecular flexibility index (Phi) is 6.58. The molecule has 1 atom stereocenters. The fourth-order valence-electron chi connectivity index (χ4n) is 2.76. The van der Waals surface area contributed by atoms with Gasteiger partial charge in [0, 0.05) is 13.0 Å². The molecule has 20 heavy (non-hydrogen) atoms. The lowest BCUT2D eigenvalue weighted by Crippen LogP contribution is -2.31. The minimum atomic E-state index is 0.212. The molecule has 0 aromatic heterocycles. The van der Waals surface area contributed by atoms with Gasteiger partial charge in [-0.15, -0.1) is 0 Å². The van der Waals surface area contributed by atoms with Crippen LogP contribution in [-0.4, -0.2) is 25.5 Å². The number of nitrogens with one attached hydrogen (secondary N) is 2. The molecule has 1 aromatic carbocycles. The maximum Gasteiger partial charge on any atom is 0.220 e. The Balaban J connectivity index is 1.51. The molecule has 3 heteroatoms. The number of hydrogen-bond donors (Lipinski definition) is 2. The number of carbonyl (C=O) groups excluding carboxylic acids is 1. The summed E-state index contributed by atoms with van der Waals surface area (Å²) in [6, 6.07) is 10.4. The Bertz CT molecular complexity index is 385. The van der Waals surface area contributed by atoms with Crippen LogP contribution in [0.25, 0.3) is 0 Å². The topological polar surface area (TPSA) is 41.1 Å². The molecular weight excluding hydrogens is 248 g/mol. The zero-order valence-corrected chi connectivity index (χ0v) is 12.2. The summed E-state index contributed by atoms with van der Waals surface area (Å²) in [7, 11) is 0. The third-order valence-corrected chi connectivity index (χ3v) is 3.99. The van der Waals surface area contributed by atoms with Gasteiger partial charge in [0.05, 0.1) is 0 Å². The molecule has 0 saturated carbocycles. The van der Waals surface area contributed by atoms with Gasteiger partial charge in [0.15, 0.2) is 0 Å². The van der Waals surface area contributed by atoms with Crippen LogP contribution in [0.1, 0.15) is 37.7 Å². The van der Waals surface area contributed by atoms with Crippen molar-refractivity contribution in [2.75, 3.05) is 19.6 Å². The van der Waals surface area contributed by atoms with Gasteiger partial charge >= 0.3 is 0 Å². The van der Waals surface area contributed by atoms with E-state index in [1.165, 1.54) is 18.4 Å². The monoisotopic (exact) mass is 274 g/mol. The van der Waals surface area contributed by atoms with Gasteiger partial charge in [-0.2, -0.15) is 0 Å². The number of benzene rings is 1. The van der Waals surface area contributed by atoms with E-state index in [9.17, 15) is 4.79 Å². The third-order valence-electron chi connectivity index (χ3n) is 3.99. The highest BCUT2D eigenvalue weighted by Crippen LogP contribution is 2.15. The molecule has 110 valence electrons. The third kappa shape index (κ3) is 5.74. The standard InChI is InChI=1S/C17H26N2O/c20-17(11-10-16-9-4-12-18-14-16)19-13-5-8-15-6-2-1-3-7-15/h1-3,6-7,16,18H,4-5,8-14H2,(H,19,20). The molecule has 1 unspecified atom stereocenters. The number of aryl methyl sites for hydroxylation is 1. The first-order chi connectivity index (χ1) is 9.84. The van der Waals surface area contributed by atoms with Crippen molar-refractivity contribution in [2.24, 2.45) is 5.92 Å². The molecule has 2 N–H and O–H groups in total. The van der Waals surface area contributed by atoms with Crippen molar-refractivity contribution < 1.29 is 4.79 Å². The Morgan fingerprint density at radius 1 is 1.30 bits per heavy atom. The lowest BCUT2D eigenvalue weighted by Gasteiger charge is -2.22. The van der Waals surface area contributed by atoms with E-state index in [-0.39, 0.29) is 5.91 Å². The molecular formula is C17H26N2O. The van der Waals surface area contributed by atoms with Crippen molar-refractivity contribution in [3.05, 3.63) is 35.9 Å². The number of rotatable bonds is 7. The maximum atomic E-state index is 11.8. The first-order valence-electron chi connectivity index (χ1n) is 7.86. The van der Waals surface area contributed by atoms with E-state index < -0.39 is 0 Å². The van der Waals surface area contributed by atoms with Crippen molar-refractivity contribution in [3.8, 4) is 0 Å². The Morgan fingerprint density at radius 2 is 2.15 bits per heavy atom. The van der Waals surface area contributed by atoms with Crippen molar-refractivity contribution >= 4 is 5.91 Å². The van der Waals surface area contributed by atoms with E-state index in [2.05, 4.69) is 34.9 Å². The second-order valence-electron chi connectivity index (χ2n) is 5.69. The van der Waals surface area contributed by atoms with E-state index in [0.29, 0.717) is 12.3 Å². The average molecular weight is 274 g/mol. The van der Waals surface area contributed by atoms with Gasteiger partial charge in [0.25, 0.3) is 0 Å². The van der Waals surface area contributed by atoms with Crippen molar-refractivity contribution in [1.82, 2.24) is 10.6 Å². The lowest BCUT2D eigenvalue weighted by atomic mass is 9.94. The van der Waals surface area contributed by atoms with Crippen molar-refractivity contribution in [1.29, 1.82) is 0 Å². The molecule has 1 aromatic rings. The normalized spacial score (nSPS) is 18.7. The highest BCUT2D eigenvalue weighted by molar-refractivity contribution is 5.75. The molecule has 1 amide bonds.